The first kappa shape index (κ1) is 15.5. The lowest BCUT2D eigenvalue weighted by atomic mass is 10.2. The first-order valence-corrected chi connectivity index (χ1v) is 6.75. The number of nitrogens with one attached hydrogen (secondary N) is 1. The van der Waals surface area contributed by atoms with Crippen LogP contribution in [0.15, 0.2) is 35.3 Å². The Morgan fingerprint density at radius 3 is 2.86 bits per heavy atom. The zero-order valence-electron chi connectivity index (χ0n) is 12.5. The van der Waals surface area contributed by atoms with Gasteiger partial charge in [-0.3, -0.25) is 9.78 Å². The summed E-state index contributed by atoms with van der Waals surface area (Å²) in [5.41, 5.74) is 8.96. The highest BCUT2D eigenvalue weighted by molar-refractivity contribution is 5.81. The van der Waals surface area contributed by atoms with Crippen molar-refractivity contribution in [3.05, 3.63) is 47.3 Å². The van der Waals surface area contributed by atoms with Crippen molar-refractivity contribution < 1.29 is 9.53 Å². The molecule has 2 aromatic rings. The van der Waals surface area contributed by atoms with Gasteiger partial charge in [-0.05, 0) is 37.3 Å². The molecule has 6 nitrogen and oxygen atoms in total. The Labute approximate surface area is 129 Å². The van der Waals surface area contributed by atoms with E-state index < -0.39 is 0 Å². The molecule has 0 amide bonds. The highest BCUT2D eigenvalue weighted by Gasteiger charge is 2.07. The van der Waals surface area contributed by atoms with Gasteiger partial charge in [0.05, 0.1) is 31.4 Å². The average molecular weight is 298 g/mol. The molecule has 0 radical (unpaired) electrons. The molecule has 0 aliphatic heterocycles. The van der Waals surface area contributed by atoms with Crippen molar-refractivity contribution in [1.29, 1.82) is 0 Å². The number of aryl methyl sites for hydroxylation is 1. The normalized spacial score (nSPS) is 10.6. The number of carbonyl (C=O) groups is 1. The molecule has 1 heterocycles. The summed E-state index contributed by atoms with van der Waals surface area (Å²) in [5, 5.41) is 3.24. The number of pyridine rings is 1. The number of benzene rings is 1. The predicted molar refractivity (Wildman–Crippen MR) is 87.0 cm³/mol. The van der Waals surface area contributed by atoms with Crippen molar-refractivity contribution in [2.75, 3.05) is 12.4 Å². The van der Waals surface area contributed by atoms with Crippen LogP contribution in [0.1, 0.15) is 21.7 Å². The molecule has 0 spiro atoms. The fraction of sp³-hybridized carbons (Fsp3) is 0.188. The zero-order valence-corrected chi connectivity index (χ0v) is 12.5. The van der Waals surface area contributed by atoms with Crippen LogP contribution in [0.3, 0.4) is 0 Å². The Morgan fingerprint density at radius 2 is 2.18 bits per heavy atom. The van der Waals surface area contributed by atoms with Crippen LogP contribution in [-0.2, 0) is 6.54 Å². The van der Waals surface area contributed by atoms with Gasteiger partial charge in [-0.2, -0.15) is 0 Å². The van der Waals surface area contributed by atoms with Gasteiger partial charge in [-0.15, -0.1) is 0 Å². The Morgan fingerprint density at radius 1 is 1.36 bits per heavy atom. The number of hydrogen-bond acceptors (Lipinski definition) is 5. The Hall–Kier alpha value is -2.89. The molecular formula is C16H18N4O2. The second-order valence-electron chi connectivity index (χ2n) is 4.63. The fourth-order valence-corrected chi connectivity index (χ4v) is 2.05. The number of nitrogens with two attached hydrogens (primary N) is 1. The van der Waals surface area contributed by atoms with Crippen LogP contribution < -0.4 is 15.8 Å². The van der Waals surface area contributed by atoms with E-state index in [1.807, 2.05) is 19.1 Å². The second kappa shape index (κ2) is 7.21. The number of rotatable bonds is 6. The number of anilines is 1. The van der Waals surface area contributed by atoms with Crippen LogP contribution in [0.2, 0.25) is 0 Å². The molecule has 1 aromatic heterocycles. The summed E-state index contributed by atoms with van der Waals surface area (Å²) in [6.07, 6.45) is 1.96. The Balaban J connectivity index is 2.24. The van der Waals surface area contributed by atoms with Gasteiger partial charge in [0.2, 0.25) is 0 Å². The van der Waals surface area contributed by atoms with Gasteiger partial charge in [0.1, 0.15) is 17.7 Å². The fourth-order valence-electron chi connectivity index (χ4n) is 2.05. The minimum absolute atomic E-state index is 0.471. The van der Waals surface area contributed by atoms with Crippen molar-refractivity contribution in [1.82, 2.24) is 4.98 Å². The molecule has 1 aromatic carbocycles. The van der Waals surface area contributed by atoms with Gasteiger partial charge < -0.3 is 15.8 Å². The molecule has 0 atom stereocenters. The molecule has 0 bridgehead atoms. The van der Waals surface area contributed by atoms with Gasteiger partial charge in [0.15, 0.2) is 0 Å². The minimum Gasteiger partial charge on any atom is -0.495 e. The quantitative estimate of drug-likeness (QED) is 0.485. The lowest BCUT2D eigenvalue weighted by molar-refractivity contribution is 0.112. The molecule has 0 fully saturated rings. The van der Waals surface area contributed by atoms with Crippen molar-refractivity contribution in [3.8, 4) is 5.75 Å². The molecule has 2 rings (SSSR count). The summed E-state index contributed by atoms with van der Waals surface area (Å²) in [6.45, 7) is 2.39. The summed E-state index contributed by atoms with van der Waals surface area (Å²) < 4.78 is 5.30. The Bertz CT molecular complexity index is 699. The van der Waals surface area contributed by atoms with Crippen molar-refractivity contribution in [3.63, 3.8) is 0 Å². The highest BCUT2D eigenvalue weighted by atomic mass is 16.5. The van der Waals surface area contributed by atoms with Crippen molar-refractivity contribution in [2.24, 2.45) is 10.7 Å². The van der Waals surface area contributed by atoms with E-state index in [9.17, 15) is 4.79 Å². The van der Waals surface area contributed by atoms with E-state index >= 15 is 0 Å². The lowest BCUT2D eigenvalue weighted by Crippen LogP contribution is -2.05. The maximum atomic E-state index is 10.8. The largest absolute Gasteiger partial charge is 0.495 e. The number of hydrogen-bond donors (Lipinski definition) is 2. The van der Waals surface area contributed by atoms with Crippen LogP contribution in [-0.4, -0.2) is 24.7 Å². The molecule has 0 aliphatic carbocycles. The molecule has 22 heavy (non-hydrogen) atoms. The summed E-state index contributed by atoms with van der Waals surface area (Å²) in [6, 6.07) is 8.94. The van der Waals surface area contributed by atoms with Crippen LogP contribution >= 0.6 is 0 Å². The van der Waals surface area contributed by atoms with Gasteiger partial charge in [-0.1, -0.05) is 0 Å². The maximum Gasteiger partial charge on any atom is 0.150 e. The molecule has 0 saturated heterocycles. The number of methoxy groups -OCH3 is 1. The maximum absolute atomic E-state index is 10.8. The standard InChI is InChI=1S/C16H18N4O2/c1-11-3-6-16(22-2)15(20-11)8-18-13-5-4-12(9-21)7-14(13)19-10-17/h3-7,9-10,18H,8H2,1-2H3,(H2,17,19). The number of aliphatic imine (C=N–C) groups is 1. The molecule has 114 valence electrons. The topological polar surface area (TPSA) is 89.6 Å². The summed E-state index contributed by atoms with van der Waals surface area (Å²) >= 11 is 0. The van der Waals surface area contributed by atoms with Crippen molar-refractivity contribution >= 4 is 24.0 Å². The lowest BCUT2D eigenvalue weighted by Gasteiger charge is -2.12. The Kier molecular flexibility index (Phi) is 5.08. The smallest absolute Gasteiger partial charge is 0.150 e. The number of ether oxygens (including phenoxy) is 1. The second-order valence-corrected chi connectivity index (χ2v) is 4.63. The van der Waals surface area contributed by atoms with Crippen molar-refractivity contribution in [2.45, 2.75) is 13.5 Å². The molecule has 3 N–H and O–H groups in total. The van der Waals surface area contributed by atoms with E-state index in [1.165, 1.54) is 6.34 Å². The van der Waals surface area contributed by atoms with Crippen LogP contribution in [0.25, 0.3) is 0 Å². The molecule has 0 unspecified atom stereocenters. The average Bonchev–Trinajstić information content (AvgIpc) is 2.54. The van der Waals surface area contributed by atoms with E-state index in [2.05, 4.69) is 15.3 Å². The number of aromatic nitrogens is 1. The highest BCUT2D eigenvalue weighted by Crippen LogP contribution is 2.27. The third kappa shape index (κ3) is 3.60. The number of aldehydes is 1. The third-order valence-electron chi connectivity index (χ3n) is 3.11. The van der Waals surface area contributed by atoms with Gasteiger partial charge >= 0.3 is 0 Å². The summed E-state index contributed by atoms with van der Waals surface area (Å²) in [4.78, 5) is 19.4. The van der Waals surface area contributed by atoms with Crippen LogP contribution in [0, 0.1) is 6.92 Å². The minimum atomic E-state index is 0.471. The predicted octanol–water partition coefficient (Wildman–Crippen LogP) is 2.44. The van der Waals surface area contributed by atoms with Gasteiger partial charge in [0, 0.05) is 11.3 Å². The van der Waals surface area contributed by atoms with Gasteiger partial charge in [-0.25, -0.2) is 4.99 Å². The van der Waals surface area contributed by atoms with E-state index in [1.54, 1.807) is 25.3 Å². The van der Waals surface area contributed by atoms with Crippen LogP contribution in [0.5, 0.6) is 5.75 Å². The first-order valence-electron chi connectivity index (χ1n) is 6.75. The molecular weight excluding hydrogens is 280 g/mol. The first-order chi connectivity index (χ1) is 10.7. The van der Waals surface area contributed by atoms with E-state index in [0.717, 1.165) is 23.4 Å². The van der Waals surface area contributed by atoms with Gasteiger partial charge in [0.25, 0.3) is 0 Å². The van der Waals surface area contributed by atoms with E-state index in [0.29, 0.717) is 23.5 Å². The molecule has 0 saturated carbocycles. The van der Waals surface area contributed by atoms with E-state index in [4.69, 9.17) is 10.5 Å². The SMILES string of the molecule is COc1ccc(C)nc1CNc1ccc(C=O)cc1N=CN. The molecule has 0 aliphatic rings. The summed E-state index contributed by atoms with van der Waals surface area (Å²) in [7, 11) is 1.61. The number of nitrogens with zero attached hydrogens (tertiary/aromatic N) is 2. The number of carbonyl (C=O) groups excluding carboxylic acids is 1. The van der Waals surface area contributed by atoms with E-state index in [-0.39, 0.29) is 0 Å². The monoisotopic (exact) mass is 298 g/mol. The zero-order chi connectivity index (χ0) is 15.9. The molecule has 6 heteroatoms. The van der Waals surface area contributed by atoms with Crippen LogP contribution in [0.4, 0.5) is 11.4 Å². The summed E-state index contributed by atoms with van der Waals surface area (Å²) in [5.74, 6) is 0.714. The third-order valence-corrected chi connectivity index (χ3v) is 3.11.